The van der Waals surface area contributed by atoms with Crippen molar-refractivity contribution in [3.05, 3.63) is 29.8 Å². The average Bonchev–Trinajstić information content (AvgIpc) is 3.04. The maximum absolute atomic E-state index is 12.2. The Morgan fingerprint density at radius 1 is 1.04 bits per heavy atom. The number of nitrogens with zero attached hydrogens (tertiary/aromatic N) is 1. The van der Waals surface area contributed by atoms with E-state index < -0.39 is 0 Å². The van der Waals surface area contributed by atoms with Crippen LogP contribution in [0.4, 0.5) is 5.69 Å². The predicted molar refractivity (Wildman–Crippen MR) is 94.7 cm³/mol. The molecule has 0 atom stereocenters. The third-order valence-corrected chi connectivity index (χ3v) is 5.12. The van der Waals surface area contributed by atoms with Crippen molar-refractivity contribution in [1.82, 2.24) is 10.2 Å². The molecule has 1 aliphatic carbocycles. The van der Waals surface area contributed by atoms with Crippen molar-refractivity contribution < 1.29 is 4.79 Å². The van der Waals surface area contributed by atoms with Gasteiger partial charge >= 0.3 is 0 Å². The summed E-state index contributed by atoms with van der Waals surface area (Å²) < 4.78 is 0. The topological polar surface area (TPSA) is 44.4 Å². The number of nitrogens with one attached hydrogen (secondary N) is 2. The number of hydrogen-bond donors (Lipinski definition) is 2. The molecular weight excluding hydrogens is 286 g/mol. The number of benzene rings is 1. The first-order valence-electron chi connectivity index (χ1n) is 9.04. The summed E-state index contributed by atoms with van der Waals surface area (Å²) in [5.74, 6) is 0.0936. The van der Waals surface area contributed by atoms with E-state index in [1.807, 2.05) is 24.3 Å². The zero-order valence-corrected chi connectivity index (χ0v) is 14.2. The first kappa shape index (κ1) is 16.5. The summed E-state index contributed by atoms with van der Waals surface area (Å²) in [6.07, 6.45) is 7.78. The minimum absolute atomic E-state index is 0.0936. The summed E-state index contributed by atoms with van der Waals surface area (Å²) in [5, 5.41) is 6.80. The van der Waals surface area contributed by atoms with E-state index in [4.69, 9.17) is 0 Å². The summed E-state index contributed by atoms with van der Waals surface area (Å²) in [6, 6.07) is 9.37. The van der Waals surface area contributed by atoms with Crippen molar-refractivity contribution in [2.75, 3.05) is 25.0 Å². The van der Waals surface area contributed by atoms with Crippen molar-refractivity contribution in [2.24, 2.45) is 0 Å². The number of aryl methyl sites for hydroxylation is 1. The molecule has 1 aromatic rings. The Balaban J connectivity index is 1.37. The monoisotopic (exact) mass is 315 g/mol. The first-order chi connectivity index (χ1) is 11.2. The van der Waals surface area contributed by atoms with Crippen LogP contribution in [0.25, 0.3) is 0 Å². The van der Waals surface area contributed by atoms with Crippen LogP contribution in [0.5, 0.6) is 0 Å². The molecule has 1 aromatic carbocycles. The molecule has 0 aromatic heterocycles. The van der Waals surface area contributed by atoms with Crippen molar-refractivity contribution in [3.63, 3.8) is 0 Å². The van der Waals surface area contributed by atoms with Crippen LogP contribution in [0, 0.1) is 6.92 Å². The molecule has 2 N–H and O–H groups in total. The van der Waals surface area contributed by atoms with E-state index in [9.17, 15) is 4.79 Å². The lowest BCUT2D eigenvalue weighted by Crippen LogP contribution is -2.47. The minimum atomic E-state index is 0.0936. The Labute approximate surface area is 139 Å². The molecule has 0 unspecified atom stereocenters. The van der Waals surface area contributed by atoms with Crippen molar-refractivity contribution in [2.45, 2.75) is 57.5 Å². The number of amides is 1. The molecule has 4 heteroatoms. The van der Waals surface area contributed by atoms with Crippen LogP contribution in [-0.4, -0.2) is 42.5 Å². The number of carbonyl (C=O) groups excluding carboxylic acids is 1. The third-order valence-electron chi connectivity index (χ3n) is 5.12. The fourth-order valence-electron chi connectivity index (χ4n) is 3.72. The molecule has 0 radical (unpaired) electrons. The van der Waals surface area contributed by atoms with Crippen molar-refractivity contribution in [1.29, 1.82) is 0 Å². The fraction of sp³-hybridized carbons (Fsp3) is 0.632. The Hall–Kier alpha value is -1.39. The molecule has 0 bridgehead atoms. The van der Waals surface area contributed by atoms with Crippen LogP contribution in [0.1, 0.15) is 44.1 Å². The molecular formula is C19H29N3O. The van der Waals surface area contributed by atoms with E-state index in [-0.39, 0.29) is 5.91 Å². The second kappa shape index (κ2) is 7.93. The van der Waals surface area contributed by atoms with Crippen LogP contribution in [0.2, 0.25) is 0 Å². The number of piperidine rings is 1. The van der Waals surface area contributed by atoms with Crippen LogP contribution in [-0.2, 0) is 4.79 Å². The smallest absolute Gasteiger partial charge is 0.238 e. The van der Waals surface area contributed by atoms with Crippen LogP contribution < -0.4 is 10.6 Å². The van der Waals surface area contributed by atoms with Gasteiger partial charge in [-0.05, 0) is 44.7 Å². The van der Waals surface area contributed by atoms with Crippen molar-refractivity contribution in [3.8, 4) is 0 Å². The van der Waals surface area contributed by atoms with Gasteiger partial charge in [0, 0.05) is 30.9 Å². The molecule has 1 amide bonds. The average molecular weight is 315 g/mol. The molecule has 4 nitrogen and oxygen atoms in total. The summed E-state index contributed by atoms with van der Waals surface area (Å²) in [6.45, 7) is 4.59. The Morgan fingerprint density at radius 2 is 1.65 bits per heavy atom. The molecule has 2 fully saturated rings. The van der Waals surface area contributed by atoms with E-state index in [2.05, 4.69) is 22.5 Å². The van der Waals surface area contributed by atoms with E-state index in [0.29, 0.717) is 12.6 Å². The quantitative estimate of drug-likeness (QED) is 0.878. The van der Waals surface area contributed by atoms with Gasteiger partial charge in [-0.3, -0.25) is 9.69 Å². The van der Waals surface area contributed by atoms with Crippen molar-refractivity contribution >= 4 is 11.6 Å². The second-order valence-corrected chi connectivity index (χ2v) is 7.11. The highest BCUT2D eigenvalue weighted by Gasteiger charge is 2.24. The highest BCUT2D eigenvalue weighted by molar-refractivity contribution is 5.92. The van der Waals surface area contributed by atoms with Gasteiger partial charge in [-0.1, -0.05) is 30.5 Å². The lowest BCUT2D eigenvalue weighted by Gasteiger charge is -2.33. The van der Waals surface area contributed by atoms with Gasteiger partial charge in [0.25, 0.3) is 0 Å². The highest BCUT2D eigenvalue weighted by Crippen LogP contribution is 2.20. The van der Waals surface area contributed by atoms with E-state index in [1.54, 1.807) is 0 Å². The standard InChI is InChI=1S/C19H29N3O/c1-15-6-8-17(9-7-15)21-19(23)14-22-12-10-18(11-13-22)20-16-4-2-3-5-16/h6-9,16,18,20H,2-5,10-14H2,1H3,(H,21,23). The molecule has 0 spiro atoms. The van der Waals surface area contributed by atoms with Gasteiger partial charge in [-0.2, -0.15) is 0 Å². The van der Waals surface area contributed by atoms with Gasteiger partial charge < -0.3 is 10.6 Å². The maximum Gasteiger partial charge on any atom is 0.238 e. The zero-order valence-electron chi connectivity index (χ0n) is 14.2. The summed E-state index contributed by atoms with van der Waals surface area (Å²) in [4.78, 5) is 14.4. The van der Waals surface area contributed by atoms with Crippen LogP contribution in [0.15, 0.2) is 24.3 Å². The number of likely N-dealkylation sites (tertiary alicyclic amines) is 1. The van der Waals surface area contributed by atoms with E-state index in [0.717, 1.165) is 37.7 Å². The minimum Gasteiger partial charge on any atom is -0.325 e. The molecule has 23 heavy (non-hydrogen) atoms. The van der Waals surface area contributed by atoms with Gasteiger partial charge in [-0.15, -0.1) is 0 Å². The molecule has 3 rings (SSSR count). The van der Waals surface area contributed by atoms with Gasteiger partial charge in [-0.25, -0.2) is 0 Å². The molecule has 1 saturated carbocycles. The fourth-order valence-corrected chi connectivity index (χ4v) is 3.72. The summed E-state index contributed by atoms with van der Waals surface area (Å²) in [7, 11) is 0. The molecule has 1 aliphatic heterocycles. The Morgan fingerprint density at radius 3 is 2.30 bits per heavy atom. The number of hydrogen-bond acceptors (Lipinski definition) is 3. The largest absolute Gasteiger partial charge is 0.325 e. The van der Waals surface area contributed by atoms with Crippen LogP contribution in [0.3, 0.4) is 0 Å². The summed E-state index contributed by atoms with van der Waals surface area (Å²) >= 11 is 0. The molecule has 2 aliphatic rings. The van der Waals surface area contributed by atoms with Gasteiger partial charge in [0.15, 0.2) is 0 Å². The van der Waals surface area contributed by atoms with Crippen LogP contribution >= 0.6 is 0 Å². The predicted octanol–water partition coefficient (Wildman–Crippen LogP) is 2.93. The SMILES string of the molecule is Cc1ccc(NC(=O)CN2CCC(NC3CCCC3)CC2)cc1. The summed E-state index contributed by atoms with van der Waals surface area (Å²) in [5.41, 5.74) is 2.10. The number of carbonyl (C=O) groups is 1. The number of anilines is 1. The first-order valence-corrected chi connectivity index (χ1v) is 9.04. The van der Waals surface area contributed by atoms with Gasteiger partial charge in [0.05, 0.1) is 6.54 Å². The van der Waals surface area contributed by atoms with Gasteiger partial charge in [0.1, 0.15) is 0 Å². The normalized spacial score (nSPS) is 20.7. The zero-order chi connectivity index (χ0) is 16.1. The van der Waals surface area contributed by atoms with E-state index >= 15 is 0 Å². The lowest BCUT2D eigenvalue weighted by atomic mass is 10.0. The Kier molecular flexibility index (Phi) is 5.68. The molecule has 126 valence electrons. The maximum atomic E-state index is 12.2. The van der Waals surface area contributed by atoms with E-state index in [1.165, 1.54) is 31.2 Å². The lowest BCUT2D eigenvalue weighted by molar-refractivity contribution is -0.117. The molecule has 1 heterocycles. The van der Waals surface area contributed by atoms with Gasteiger partial charge in [0.2, 0.25) is 5.91 Å². The second-order valence-electron chi connectivity index (χ2n) is 7.11. The Bertz CT molecular complexity index is 500. The highest BCUT2D eigenvalue weighted by atomic mass is 16.2. The number of rotatable bonds is 5. The molecule has 1 saturated heterocycles. The third kappa shape index (κ3) is 5.05.